The van der Waals surface area contributed by atoms with Crippen LogP contribution in [0.3, 0.4) is 0 Å². The molecular formula is C16H21BrFNO2. The molecule has 0 spiro atoms. The van der Waals surface area contributed by atoms with Crippen LogP contribution >= 0.6 is 15.9 Å². The van der Waals surface area contributed by atoms with Crippen molar-refractivity contribution in [1.82, 2.24) is 4.90 Å². The SMILES string of the molecule is CCOC(=O)CC(C)(c1ccc(F)c(Br)c1)N1CCCC1. The fraction of sp³-hybridized carbons (Fsp3) is 0.562. The molecule has 1 atom stereocenters. The summed E-state index contributed by atoms with van der Waals surface area (Å²) in [4.78, 5) is 14.3. The highest BCUT2D eigenvalue weighted by Crippen LogP contribution is 2.36. The highest BCUT2D eigenvalue weighted by Gasteiger charge is 2.38. The average Bonchev–Trinajstić information content (AvgIpc) is 2.96. The van der Waals surface area contributed by atoms with E-state index in [1.54, 1.807) is 19.1 Å². The van der Waals surface area contributed by atoms with Gasteiger partial charge in [-0.3, -0.25) is 9.69 Å². The fourth-order valence-electron chi connectivity index (χ4n) is 2.93. The monoisotopic (exact) mass is 357 g/mol. The van der Waals surface area contributed by atoms with E-state index in [9.17, 15) is 9.18 Å². The first-order valence-electron chi connectivity index (χ1n) is 7.33. The number of likely N-dealkylation sites (tertiary alicyclic amines) is 1. The minimum Gasteiger partial charge on any atom is -0.466 e. The average molecular weight is 358 g/mol. The molecule has 0 N–H and O–H groups in total. The van der Waals surface area contributed by atoms with Crippen LogP contribution in [0.4, 0.5) is 4.39 Å². The molecule has 116 valence electrons. The van der Waals surface area contributed by atoms with Crippen LogP contribution in [0.15, 0.2) is 22.7 Å². The number of carbonyl (C=O) groups is 1. The standard InChI is InChI=1S/C16H21BrFNO2/c1-3-21-15(20)11-16(2,19-8-4-5-9-19)12-6-7-14(18)13(17)10-12/h6-7,10H,3-5,8-9,11H2,1-2H3. The maximum Gasteiger partial charge on any atom is 0.307 e. The van der Waals surface area contributed by atoms with Gasteiger partial charge in [0.2, 0.25) is 0 Å². The maximum atomic E-state index is 13.5. The zero-order valence-corrected chi connectivity index (χ0v) is 14.1. The van der Waals surface area contributed by atoms with Gasteiger partial charge in [-0.25, -0.2) is 4.39 Å². The second kappa shape index (κ2) is 6.88. The lowest BCUT2D eigenvalue weighted by Gasteiger charge is -2.39. The largest absolute Gasteiger partial charge is 0.466 e. The van der Waals surface area contributed by atoms with E-state index in [0.29, 0.717) is 11.1 Å². The highest BCUT2D eigenvalue weighted by molar-refractivity contribution is 9.10. The molecule has 1 saturated heterocycles. The lowest BCUT2D eigenvalue weighted by molar-refractivity contribution is -0.146. The van der Waals surface area contributed by atoms with Gasteiger partial charge < -0.3 is 4.74 Å². The van der Waals surface area contributed by atoms with Crippen LogP contribution in [-0.2, 0) is 15.1 Å². The summed E-state index contributed by atoms with van der Waals surface area (Å²) in [5.41, 5.74) is 0.477. The minimum absolute atomic E-state index is 0.215. The second-order valence-electron chi connectivity index (χ2n) is 5.58. The minimum atomic E-state index is -0.459. The zero-order valence-electron chi connectivity index (χ0n) is 12.5. The fourth-order valence-corrected chi connectivity index (χ4v) is 3.31. The van der Waals surface area contributed by atoms with E-state index in [1.807, 2.05) is 6.92 Å². The van der Waals surface area contributed by atoms with Gasteiger partial charge in [0.25, 0.3) is 0 Å². The number of hydrogen-bond donors (Lipinski definition) is 0. The van der Waals surface area contributed by atoms with Crippen molar-refractivity contribution in [3.05, 3.63) is 34.1 Å². The number of esters is 1. The second-order valence-corrected chi connectivity index (χ2v) is 6.43. The third-order valence-corrected chi connectivity index (χ3v) is 4.75. The van der Waals surface area contributed by atoms with Gasteiger partial charge in [0.1, 0.15) is 5.82 Å². The molecule has 3 nitrogen and oxygen atoms in total. The van der Waals surface area contributed by atoms with Crippen molar-refractivity contribution in [2.24, 2.45) is 0 Å². The lowest BCUT2D eigenvalue weighted by atomic mass is 9.87. The first-order chi connectivity index (χ1) is 9.97. The quantitative estimate of drug-likeness (QED) is 0.749. The van der Waals surface area contributed by atoms with Gasteiger partial charge >= 0.3 is 5.97 Å². The molecule has 1 aromatic rings. The topological polar surface area (TPSA) is 29.5 Å². The van der Waals surface area contributed by atoms with Gasteiger partial charge in [0.05, 0.1) is 23.0 Å². The molecule has 0 amide bonds. The van der Waals surface area contributed by atoms with Gasteiger partial charge in [-0.15, -0.1) is 0 Å². The summed E-state index contributed by atoms with van der Waals surface area (Å²) in [6, 6.07) is 4.98. The molecule has 0 aliphatic carbocycles. The van der Waals surface area contributed by atoms with Crippen LogP contribution in [0.25, 0.3) is 0 Å². The summed E-state index contributed by atoms with van der Waals surface area (Å²) in [6.45, 7) is 6.12. The summed E-state index contributed by atoms with van der Waals surface area (Å²) >= 11 is 3.23. The zero-order chi connectivity index (χ0) is 15.5. The molecule has 1 heterocycles. The van der Waals surface area contributed by atoms with Crippen molar-refractivity contribution in [3.8, 4) is 0 Å². The van der Waals surface area contributed by atoms with Crippen molar-refractivity contribution in [2.45, 2.75) is 38.6 Å². The number of ether oxygens (including phenoxy) is 1. The van der Waals surface area contributed by atoms with Gasteiger partial charge in [-0.1, -0.05) is 6.07 Å². The summed E-state index contributed by atoms with van der Waals surface area (Å²) in [5.74, 6) is -0.508. The van der Waals surface area contributed by atoms with E-state index in [2.05, 4.69) is 20.8 Å². The number of halogens is 2. The van der Waals surface area contributed by atoms with Crippen molar-refractivity contribution in [2.75, 3.05) is 19.7 Å². The number of carbonyl (C=O) groups excluding carboxylic acids is 1. The van der Waals surface area contributed by atoms with E-state index < -0.39 is 5.54 Å². The molecule has 0 bridgehead atoms. The van der Waals surface area contributed by atoms with E-state index >= 15 is 0 Å². The first-order valence-corrected chi connectivity index (χ1v) is 8.13. The van der Waals surface area contributed by atoms with Crippen molar-refractivity contribution in [3.63, 3.8) is 0 Å². The Hall–Kier alpha value is -0.940. The van der Waals surface area contributed by atoms with Crippen LogP contribution in [0.2, 0.25) is 0 Å². The van der Waals surface area contributed by atoms with Crippen LogP contribution in [0.1, 0.15) is 38.7 Å². The number of nitrogens with zero attached hydrogens (tertiary/aromatic N) is 1. The molecular weight excluding hydrogens is 337 g/mol. The van der Waals surface area contributed by atoms with Gasteiger partial charge in [0, 0.05) is 0 Å². The van der Waals surface area contributed by atoms with Crippen LogP contribution < -0.4 is 0 Å². The predicted molar refractivity (Wildman–Crippen MR) is 83.5 cm³/mol. The normalized spacial score (nSPS) is 18.5. The molecule has 1 aromatic carbocycles. The molecule has 0 radical (unpaired) electrons. The number of hydrogen-bond acceptors (Lipinski definition) is 3. The Balaban J connectivity index is 2.34. The molecule has 1 fully saturated rings. The van der Waals surface area contributed by atoms with Crippen molar-refractivity contribution < 1.29 is 13.9 Å². The van der Waals surface area contributed by atoms with E-state index in [1.165, 1.54) is 6.07 Å². The molecule has 1 unspecified atom stereocenters. The van der Waals surface area contributed by atoms with E-state index in [0.717, 1.165) is 31.5 Å². The summed E-state index contributed by atoms with van der Waals surface area (Å²) in [5, 5.41) is 0. The van der Waals surface area contributed by atoms with Gasteiger partial charge in [-0.05, 0) is 73.4 Å². The Bertz CT molecular complexity index is 517. The smallest absolute Gasteiger partial charge is 0.307 e. The maximum absolute atomic E-state index is 13.5. The summed E-state index contributed by atoms with van der Waals surface area (Å²) < 4.78 is 19.0. The molecule has 1 aliphatic rings. The molecule has 5 heteroatoms. The third-order valence-electron chi connectivity index (χ3n) is 4.14. The molecule has 0 aromatic heterocycles. The Morgan fingerprint density at radius 3 is 2.67 bits per heavy atom. The lowest BCUT2D eigenvalue weighted by Crippen LogP contribution is -2.44. The van der Waals surface area contributed by atoms with E-state index in [-0.39, 0.29) is 18.2 Å². The van der Waals surface area contributed by atoms with Crippen LogP contribution in [0, 0.1) is 5.82 Å². The Morgan fingerprint density at radius 2 is 2.10 bits per heavy atom. The summed E-state index contributed by atoms with van der Waals surface area (Å²) in [6.07, 6.45) is 2.53. The first kappa shape index (κ1) is 16.4. The Kier molecular flexibility index (Phi) is 5.38. The van der Waals surface area contributed by atoms with E-state index in [4.69, 9.17) is 4.74 Å². The highest BCUT2D eigenvalue weighted by atomic mass is 79.9. The number of rotatable bonds is 5. The summed E-state index contributed by atoms with van der Waals surface area (Å²) in [7, 11) is 0. The van der Waals surface area contributed by atoms with Crippen molar-refractivity contribution >= 4 is 21.9 Å². The predicted octanol–water partition coefficient (Wildman–Crippen LogP) is 3.85. The van der Waals surface area contributed by atoms with Crippen LogP contribution in [0.5, 0.6) is 0 Å². The molecule has 2 rings (SSSR count). The molecule has 21 heavy (non-hydrogen) atoms. The Morgan fingerprint density at radius 1 is 1.43 bits per heavy atom. The van der Waals surface area contributed by atoms with Gasteiger partial charge in [-0.2, -0.15) is 0 Å². The number of benzene rings is 1. The third kappa shape index (κ3) is 3.64. The van der Waals surface area contributed by atoms with Gasteiger partial charge in [0.15, 0.2) is 0 Å². The molecule has 1 aliphatic heterocycles. The van der Waals surface area contributed by atoms with Crippen LogP contribution in [-0.4, -0.2) is 30.6 Å². The molecule has 0 saturated carbocycles. The van der Waals surface area contributed by atoms with Crippen molar-refractivity contribution in [1.29, 1.82) is 0 Å². The Labute approximate surface area is 133 Å².